The Morgan fingerprint density at radius 2 is 2.29 bits per heavy atom. The normalized spacial score (nSPS) is 23.6. The summed E-state index contributed by atoms with van der Waals surface area (Å²) in [5, 5.41) is 4.05. The Kier molecular flexibility index (Phi) is 4.56. The maximum atomic E-state index is 12.0. The van der Waals surface area contributed by atoms with Crippen LogP contribution in [0.2, 0.25) is 0 Å². The van der Waals surface area contributed by atoms with E-state index in [4.69, 9.17) is 0 Å². The van der Waals surface area contributed by atoms with Gasteiger partial charge in [0.25, 0.3) is 5.91 Å². The number of carbonyl (C=O) groups is 1. The van der Waals surface area contributed by atoms with Crippen molar-refractivity contribution in [2.75, 3.05) is 5.33 Å². The SMILES string of the molecule is O=C(NC1CCCC1CBr)c1cncc(Br)c1. The Hall–Kier alpha value is -0.420. The van der Waals surface area contributed by atoms with Gasteiger partial charge in [-0.05, 0) is 40.8 Å². The van der Waals surface area contributed by atoms with Crippen LogP contribution in [0.5, 0.6) is 0 Å². The van der Waals surface area contributed by atoms with Gasteiger partial charge in [-0.2, -0.15) is 0 Å². The lowest BCUT2D eigenvalue weighted by molar-refractivity contribution is 0.0930. The smallest absolute Gasteiger partial charge is 0.253 e. The van der Waals surface area contributed by atoms with E-state index in [0.717, 1.165) is 16.2 Å². The first-order valence-electron chi connectivity index (χ1n) is 5.68. The zero-order valence-electron chi connectivity index (χ0n) is 9.33. The van der Waals surface area contributed by atoms with Crippen molar-refractivity contribution in [2.24, 2.45) is 5.92 Å². The zero-order chi connectivity index (χ0) is 12.3. The highest BCUT2D eigenvalue weighted by molar-refractivity contribution is 9.10. The van der Waals surface area contributed by atoms with E-state index in [2.05, 4.69) is 42.2 Å². The van der Waals surface area contributed by atoms with Crippen LogP contribution < -0.4 is 5.32 Å². The molecule has 1 aliphatic carbocycles. The van der Waals surface area contributed by atoms with Crippen LogP contribution in [-0.4, -0.2) is 22.3 Å². The average Bonchev–Trinajstić information content (AvgIpc) is 2.76. The third-order valence-corrected chi connectivity index (χ3v) is 4.41. The van der Waals surface area contributed by atoms with Gasteiger partial charge in [0, 0.05) is 28.2 Å². The first-order valence-corrected chi connectivity index (χ1v) is 7.59. The molecule has 0 aliphatic heterocycles. The van der Waals surface area contributed by atoms with Crippen molar-refractivity contribution in [1.82, 2.24) is 10.3 Å². The van der Waals surface area contributed by atoms with Crippen LogP contribution in [0.4, 0.5) is 0 Å². The third kappa shape index (κ3) is 3.28. The molecule has 1 N–H and O–H groups in total. The minimum absolute atomic E-state index is 0.0309. The van der Waals surface area contributed by atoms with Crippen molar-refractivity contribution in [2.45, 2.75) is 25.3 Å². The number of hydrogen-bond acceptors (Lipinski definition) is 2. The molecule has 2 atom stereocenters. The first kappa shape index (κ1) is 13.0. The Labute approximate surface area is 118 Å². The van der Waals surface area contributed by atoms with Gasteiger partial charge in [-0.25, -0.2) is 0 Å². The number of rotatable bonds is 3. The summed E-state index contributed by atoms with van der Waals surface area (Å²) < 4.78 is 0.827. The Morgan fingerprint density at radius 1 is 1.47 bits per heavy atom. The molecule has 1 aliphatic rings. The van der Waals surface area contributed by atoms with Crippen LogP contribution in [0, 0.1) is 5.92 Å². The Balaban J connectivity index is 2.01. The molecule has 1 heterocycles. The summed E-state index contributed by atoms with van der Waals surface area (Å²) in [5.74, 6) is 0.524. The van der Waals surface area contributed by atoms with E-state index in [9.17, 15) is 4.79 Å². The van der Waals surface area contributed by atoms with E-state index in [-0.39, 0.29) is 5.91 Å². The molecule has 1 saturated carbocycles. The topological polar surface area (TPSA) is 42.0 Å². The molecule has 0 spiro atoms. The molecular formula is C12H14Br2N2O. The van der Waals surface area contributed by atoms with Crippen molar-refractivity contribution in [1.29, 1.82) is 0 Å². The third-order valence-electron chi connectivity index (χ3n) is 3.14. The predicted octanol–water partition coefficient (Wildman–Crippen LogP) is 3.14. The molecule has 1 amide bonds. The number of nitrogens with one attached hydrogen (secondary N) is 1. The molecule has 0 saturated heterocycles. The van der Waals surface area contributed by atoms with E-state index in [1.807, 2.05) is 0 Å². The number of carbonyl (C=O) groups excluding carboxylic acids is 1. The van der Waals surface area contributed by atoms with Crippen LogP contribution in [0.15, 0.2) is 22.9 Å². The summed E-state index contributed by atoms with van der Waals surface area (Å²) in [4.78, 5) is 16.0. The van der Waals surface area contributed by atoms with E-state index >= 15 is 0 Å². The van der Waals surface area contributed by atoms with Gasteiger partial charge in [0.05, 0.1) is 5.56 Å². The molecule has 0 aromatic carbocycles. The quantitative estimate of drug-likeness (QED) is 0.840. The van der Waals surface area contributed by atoms with Crippen molar-refractivity contribution in [3.05, 3.63) is 28.5 Å². The minimum Gasteiger partial charge on any atom is -0.349 e. The molecule has 0 radical (unpaired) electrons. The molecule has 1 fully saturated rings. The summed E-state index contributed by atoms with van der Waals surface area (Å²) in [5.41, 5.74) is 0.611. The standard InChI is InChI=1S/C12H14Br2N2O/c13-5-8-2-1-3-11(8)16-12(17)9-4-10(14)7-15-6-9/h4,6-8,11H,1-3,5H2,(H,16,17). The number of aromatic nitrogens is 1. The molecule has 0 bridgehead atoms. The summed E-state index contributed by atoms with van der Waals surface area (Å²) in [6.07, 6.45) is 6.72. The van der Waals surface area contributed by atoms with Gasteiger partial charge in [-0.3, -0.25) is 9.78 Å². The summed E-state index contributed by atoms with van der Waals surface area (Å²) in [7, 11) is 0. The van der Waals surface area contributed by atoms with Gasteiger partial charge in [-0.1, -0.05) is 22.4 Å². The van der Waals surface area contributed by atoms with E-state index < -0.39 is 0 Å². The van der Waals surface area contributed by atoms with Crippen LogP contribution in [0.3, 0.4) is 0 Å². The van der Waals surface area contributed by atoms with Crippen LogP contribution >= 0.6 is 31.9 Å². The molecule has 3 nitrogen and oxygen atoms in total. The summed E-state index contributed by atoms with van der Waals surface area (Å²) in [6, 6.07) is 2.08. The second kappa shape index (κ2) is 5.96. The highest BCUT2D eigenvalue weighted by Gasteiger charge is 2.27. The predicted molar refractivity (Wildman–Crippen MR) is 74.3 cm³/mol. The number of nitrogens with zero attached hydrogens (tertiary/aromatic N) is 1. The Morgan fingerprint density at radius 3 is 3.00 bits per heavy atom. The average molecular weight is 362 g/mol. The van der Waals surface area contributed by atoms with Crippen molar-refractivity contribution >= 4 is 37.8 Å². The van der Waals surface area contributed by atoms with E-state index in [1.165, 1.54) is 12.8 Å². The molecule has 92 valence electrons. The molecule has 2 rings (SSSR count). The molecule has 17 heavy (non-hydrogen) atoms. The monoisotopic (exact) mass is 360 g/mol. The molecule has 1 aromatic heterocycles. The van der Waals surface area contributed by atoms with Gasteiger partial charge in [-0.15, -0.1) is 0 Å². The second-order valence-corrected chi connectivity index (χ2v) is 5.88. The number of halogens is 2. The minimum atomic E-state index is -0.0309. The maximum Gasteiger partial charge on any atom is 0.253 e. The fourth-order valence-corrected chi connectivity index (χ4v) is 3.34. The fraction of sp³-hybridized carbons (Fsp3) is 0.500. The van der Waals surface area contributed by atoms with Crippen LogP contribution in [0.1, 0.15) is 29.6 Å². The van der Waals surface area contributed by atoms with Gasteiger partial charge in [0.1, 0.15) is 0 Å². The highest BCUT2D eigenvalue weighted by Crippen LogP contribution is 2.27. The van der Waals surface area contributed by atoms with Crippen molar-refractivity contribution in [3.8, 4) is 0 Å². The van der Waals surface area contributed by atoms with Gasteiger partial charge >= 0.3 is 0 Å². The molecule has 5 heteroatoms. The van der Waals surface area contributed by atoms with Crippen LogP contribution in [0.25, 0.3) is 0 Å². The number of pyridine rings is 1. The van der Waals surface area contributed by atoms with Crippen molar-refractivity contribution < 1.29 is 4.79 Å². The van der Waals surface area contributed by atoms with Gasteiger partial charge < -0.3 is 5.32 Å². The van der Waals surface area contributed by atoms with E-state index in [1.54, 1.807) is 18.5 Å². The number of amides is 1. The highest BCUT2D eigenvalue weighted by atomic mass is 79.9. The van der Waals surface area contributed by atoms with Crippen molar-refractivity contribution in [3.63, 3.8) is 0 Å². The summed E-state index contributed by atoms with van der Waals surface area (Å²) >= 11 is 6.82. The largest absolute Gasteiger partial charge is 0.349 e. The number of hydrogen-bond donors (Lipinski definition) is 1. The maximum absolute atomic E-state index is 12.0. The lowest BCUT2D eigenvalue weighted by Gasteiger charge is -2.18. The lowest BCUT2D eigenvalue weighted by Crippen LogP contribution is -2.37. The lowest BCUT2D eigenvalue weighted by atomic mass is 10.1. The van der Waals surface area contributed by atoms with Crippen LogP contribution in [-0.2, 0) is 0 Å². The Bertz CT molecular complexity index is 411. The van der Waals surface area contributed by atoms with Gasteiger partial charge in [0.2, 0.25) is 0 Å². The fourth-order valence-electron chi connectivity index (χ4n) is 2.20. The zero-order valence-corrected chi connectivity index (χ0v) is 12.5. The second-order valence-electron chi connectivity index (χ2n) is 4.32. The molecule has 2 unspecified atom stereocenters. The van der Waals surface area contributed by atoms with Gasteiger partial charge in [0.15, 0.2) is 0 Å². The molecular weight excluding hydrogens is 348 g/mol. The summed E-state index contributed by atoms with van der Waals surface area (Å²) in [6.45, 7) is 0. The molecule has 1 aromatic rings. The first-order chi connectivity index (χ1) is 8.20. The number of alkyl halides is 1. The van der Waals surface area contributed by atoms with E-state index in [0.29, 0.717) is 17.5 Å².